The molecule has 0 fully saturated rings. The van der Waals surface area contributed by atoms with E-state index in [-0.39, 0.29) is 6.61 Å². The van der Waals surface area contributed by atoms with Crippen LogP contribution in [-0.4, -0.2) is 26.2 Å². The molecule has 3 rings (SSSR count). The number of H-pyrrole nitrogens is 1. The highest BCUT2D eigenvalue weighted by Crippen LogP contribution is 2.27. The number of aliphatic hydroxyl groups excluding tert-OH is 1. The number of nitrogens with zero attached hydrogens (tertiary/aromatic N) is 2. The van der Waals surface area contributed by atoms with Gasteiger partial charge in [-0.1, -0.05) is 18.2 Å². The van der Waals surface area contributed by atoms with Crippen molar-refractivity contribution in [3.8, 4) is 11.4 Å². The highest BCUT2D eigenvalue weighted by atomic mass is 16.3. The summed E-state index contributed by atoms with van der Waals surface area (Å²) in [6.07, 6.45) is 4.54. The molecule has 3 aromatic rings. The van der Waals surface area contributed by atoms with Crippen LogP contribution in [0.15, 0.2) is 36.7 Å². The summed E-state index contributed by atoms with van der Waals surface area (Å²) in [6.45, 7) is 0.129. The minimum absolute atomic E-state index is 0.129. The van der Waals surface area contributed by atoms with Gasteiger partial charge in [-0.25, -0.2) is 4.98 Å². The first-order valence-corrected chi connectivity index (χ1v) is 5.99. The zero-order valence-corrected chi connectivity index (χ0v) is 10.2. The van der Waals surface area contributed by atoms with Gasteiger partial charge in [0, 0.05) is 48.9 Å². The molecule has 0 bridgehead atoms. The molecule has 2 heterocycles. The van der Waals surface area contributed by atoms with Crippen LogP contribution in [-0.2, 0) is 13.5 Å². The first kappa shape index (κ1) is 11.0. The molecule has 0 radical (unpaired) electrons. The van der Waals surface area contributed by atoms with Gasteiger partial charge in [0.25, 0.3) is 0 Å². The predicted octanol–water partition coefficient (Wildman–Crippen LogP) is 2.10. The standard InChI is InChI=1S/C14H15N3O/c1-17-9-10(6-7-18)16-14(17)12-8-15-13-5-3-2-4-11(12)13/h2-5,8-9,15,18H,6-7H2,1H3. The average Bonchev–Trinajstić information content (AvgIpc) is 2.93. The molecule has 0 aliphatic carbocycles. The van der Waals surface area contributed by atoms with E-state index in [2.05, 4.69) is 22.1 Å². The number of hydrogen-bond donors (Lipinski definition) is 2. The number of imidazole rings is 1. The molecule has 0 aliphatic rings. The van der Waals surface area contributed by atoms with Crippen molar-refractivity contribution in [2.75, 3.05) is 6.61 Å². The van der Waals surface area contributed by atoms with Crippen LogP contribution in [0.4, 0.5) is 0 Å². The van der Waals surface area contributed by atoms with Gasteiger partial charge in [-0.05, 0) is 6.07 Å². The van der Waals surface area contributed by atoms with Gasteiger partial charge >= 0.3 is 0 Å². The Balaban J connectivity index is 2.14. The van der Waals surface area contributed by atoms with Gasteiger partial charge in [0.05, 0.1) is 5.69 Å². The van der Waals surface area contributed by atoms with Crippen molar-refractivity contribution in [1.82, 2.24) is 14.5 Å². The quantitative estimate of drug-likeness (QED) is 0.738. The Labute approximate surface area is 105 Å². The Morgan fingerprint density at radius 2 is 2.17 bits per heavy atom. The smallest absolute Gasteiger partial charge is 0.142 e. The van der Waals surface area contributed by atoms with Crippen LogP contribution in [0.2, 0.25) is 0 Å². The topological polar surface area (TPSA) is 53.8 Å². The summed E-state index contributed by atoms with van der Waals surface area (Å²) < 4.78 is 2.00. The van der Waals surface area contributed by atoms with Crippen molar-refractivity contribution in [2.45, 2.75) is 6.42 Å². The normalized spacial score (nSPS) is 11.2. The van der Waals surface area contributed by atoms with Crippen LogP contribution in [0.3, 0.4) is 0 Å². The Morgan fingerprint density at radius 1 is 1.33 bits per heavy atom. The second kappa shape index (κ2) is 4.31. The number of hydrogen-bond acceptors (Lipinski definition) is 2. The number of aryl methyl sites for hydroxylation is 1. The van der Waals surface area contributed by atoms with Crippen LogP contribution in [0, 0.1) is 0 Å². The van der Waals surface area contributed by atoms with Crippen molar-refractivity contribution in [2.24, 2.45) is 7.05 Å². The number of nitrogens with one attached hydrogen (secondary N) is 1. The number of aromatic nitrogens is 3. The lowest BCUT2D eigenvalue weighted by Crippen LogP contribution is -1.90. The molecule has 0 aliphatic heterocycles. The zero-order valence-electron chi connectivity index (χ0n) is 10.2. The second-order valence-electron chi connectivity index (χ2n) is 4.39. The van der Waals surface area contributed by atoms with E-state index in [9.17, 15) is 0 Å². The summed E-state index contributed by atoms with van der Waals surface area (Å²) in [6, 6.07) is 8.17. The molecule has 0 atom stereocenters. The largest absolute Gasteiger partial charge is 0.396 e. The maximum Gasteiger partial charge on any atom is 0.142 e. The van der Waals surface area contributed by atoms with Gasteiger partial charge in [0.2, 0.25) is 0 Å². The first-order valence-electron chi connectivity index (χ1n) is 5.99. The number of rotatable bonds is 3. The van der Waals surface area contributed by atoms with Crippen molar-refractivity contribution < 1.29 is 5.11 Å². The third-order valence-electron chi connectivity index (χ3n) is 3.12. The van der Waals surface area contributed by atoms with Crippen LogP contribution >= 0.6 is 0 Å². The number of fused-ring (bicyclic) bond motifs is 1. The molecule has 0 unspecified atom stereocenters. The van der Waals surface area contributed by atoms with E-state index < -0.39 is 0 Å². The molecule has 4 heteroatoms. The summed E-state index contributed by atoms with van der Waals surface area (Å²) in [5, 5.41) is 10.1. The minimum Gasteiger partial charge on any atom is -0.396 e. The van der Waals surface area contributed by atoms with Crippen molar-refractivity contribution in [3.63, 3.8) is 0 Å². The zero-order chi connectivity index (χ0) is 12.5. The molecular formula is C14H15N3O. The Kier molecular flexibility index (Phi) is 2.64. The Bertz CT molecular complexity index is 681. The van der Waals surface area contributed by atoms with E-state index in [0.29, 0.717) is 6.42 Å². The third-order valence-corrected chi connectivity index (χ3v) is 3.12. The fourth-order valence-corrected chi connectivity index (χ4v) is 2.27. The second-order valence-corrected chi connectivity index (χ2v) is 4.39. The van der Waals surface area contributed by atoms with Gasteiger partial charge in [0.1, 0.15) is 5.82 Å². The van der Waals surface area contributed by atoms with Gasteiger partial charge in [-0.3, -0.25) is 0 Å². The van der Waals surface area contributed by atoms with E-state index in [1.807, 2.05) is 36.1 Å². The summed E-state index contributed by atoms with van der Waals surface area (Å²) in [4.78, 5) is 7.83. The van der Waals surface area contributed by atoms with Crippen LogP contribution in [0.1, 0.15) is 5.69 Å². The Hall–Kier alpha value is -2.07. The predicted molar refractivity (Wildman–Crippen MR) is 71.3 cm³/mol. The lowest BCUT2D eigenvalue weighted by molar-refractivity contribution is 0.298. The molecule has 4 nitrogen and oxygen atoms in total. The molecule has 2 N–H and O–H groups in total. The maximum atomic E-state index is 8.97. The van der Waals surface area contributed by atoms with Gasteiger partial charge in [0.15, 0.2) is 0 Å². The fraction of sp³-hybridized carbons (Fsp3) is 0.214. The maximum absolute atomic E-state index is 8.97. The van der Waals surface area contributed by atoms with Crippen LogP contribution < -0.4 is 0 Å². The monoisotopic (exact) mass is 241 g/mol. The average molecular weight is 241 g/mol. The van der Waals surface area contributed by atoms with Gasteiger partial charge < -0.3 is 14.7 Å². The molecule has 0 saturated carbocycles. The lowest BCUT2D eigenvalue weighted by Gasteiger charge is -1.99. The number of aromatic amines is 1. The van der Waals surface area contributed by atoms with Crippen molar-refractivity contribution >= 4 is 10.9 Å². The molecule has 2 aromatic heterocycles. The summed E-state index contributed by atoms with van der Waals surface area (Å²) in [5.74, 6) is 0.927. The first-order chi connectivity index (χ1) is 8.79. The molecular weight excluding hydrogens is 226 g/mol. The minimum atomic E-state index is 0.129. The highest BCUT2D eigenvalue weighted by Gasteiger charge is 2.11. The number of para-hydroxylation sites is 1. The summed E-state index contributed by atoms with van der Waals surface area (Å²) in [7, 11) is 1.98. The lowest BCUT2D eigenvalue weighted by atomic mass is 10.1. The third kappa shape index (κ3) is 1.71. The molecule has 0 spiro atoms. The van der Waals surface area contributed by atoms with Crippen LogP contribution in [0.5, 0.6) is 0 Å². The Morgan fingerprint density at radius 3 is 3.00 bits per heavy atom. The van der Waals surface area contributed by atoms with E-state index in [1.165, 1.54) is 5.39 Å². The van der Waals surface area contributed by atoms with E-state index in [0.717, 1.165) is 22.6 Å². The molecule has 0 saturated heterocycles. The molecule has 92 valence electrons. The summed E-state index contributed by atoms with van der Waals surface area (Å²) in [5.41, 5.74) is 3.12. The van der Waals surface area contributed by atoms with Crippen LogP contribution in [0.25, 0.3) is 22.3 Å². The molecule has 18 heavy (non-hydrogen) atoms. The highest BCUT2D eigenvalue weighted by molar-refractivity contribution is 5.93. The SMILES string of the molecule is Cn1cc(CCO)nc1-c1c[nH]c2ccccc12. The van der Waals surface area contributed by atoms with Crippen molar-refractivity contribution in [1.29, 1.82) is 0 Å². The number of aliphatic hydroxyl groups is 1. The van der Waals surface area contributed by atoms with E-state index in [4.69, 9.17) is 5.11 Å². The van der Waals surface area contributed by atoms with E-state index >= 15 is 0 Å². The molecule has 0 amide bonds. The van der Waals surface area contributed by atoms with E-state index in [1.54, 1.807) is 0 Å². The number of benzene rings is 1. The van der Waals surface area contributed by atoms with Gasteiger partial charge in [-0.2, -0.15) is 0 Å². The summed E-state index contributed by atoms with van der Waals surface area (Å²) >= 11 is 0. The van der Waals surface area contributed by atoms with Gasteiger partial charge in [-0.15, -0.1) is 0 Å². The molecule has 1 aromatic carbocycles. The van der Waals surface area contributed by atoms with Crippen molar-refractivity contribution in [3.05, 3.63) is 42.4 Å². The fourth-order valence-electron chi connectivity index (χ4n) is 2.27.